The molecule has 0 bridgehead atoms. The van der Waals surface area contributed by atoms with E-state index in [2.05, 4.69) is 9.97 Å². The van der Waals surface area contributed by atoms with Gasteiger partial charge in [-0.2, -0.15) is 0 Å². The summed E-state index contributed by atoms with van der Waals surface area (Å²) in [4.78, 5) is 58.5. The van der Waals surface area contributed by atoms with Gasteiger partial charge in [-0.1, -0.05) is 13.8 Å². The highest BCUT2D eigenvalue weighted by Crippen LogP contribution is 2.34. The fraction of sp³-hybridized carbons (Fsp3) is 0.360. The minimum Gasteiger partial charge on any atom is -0.465 e. The molecule has 0 atom stereocenters. The molecule has 0 saturated heterocycles. The molecule has 3 aromatic rings. The van der Waals surface area contributed by atoms with Crippen molar-refractivity contribution < 1.29 is 19.1 Å². The summed E-state index contributed by atoms with van der Waals surface area (Å²) in [5.74, 6) is -0.885. The third kappa shape index (κ3) is 3.55. The first-order valence-corrected chi connectivity index (χ1v) is 11.0. The van der Waals surface area contributed by atoms with Crippen LogP contribution >= 0.6 is 0 Å². The van der Waals surface area contributed by atoms with E-state index in [9.17, 15) is 19.2 Å². The molecule has 33 heavy (non-hydrogen) atoms. The first-order valence-electron chi connectivity index (χ1n) is 11.0. The number of carbonyl (C=O) groups excluding carboxylic acids is 3. The molecule has 0 fully saturated rings. The van der Waals surface area contributed by atoms with Crippen LogP contribution in [0.25, 0.3) is 10.9 Å². The Morgan fingerprint density at radius 1 is 1.06 bits per heavy atom. The van der Waals surface area contributed by atoms with Gasteiger partial charge in [-0.15, -0.1) is 0 Å². The van der Waals surface area contributed by atoms with Crippen LogP contribution in [-0.4, -0.2) is 46.2 Å². The van der Waals surface area contributed by atoms with E-state index in [0.29, 0.717) is 49.2 Å². The molecule has 8 heteroatoms. The molecule has 1 aliphatic heterocycles. The lowest BCUT2D eigenvalue weighted by atomic mass is 9.75. The van der Waals surface area contributed by atoms with Crippen molar-refractivity contribution in [2.75, 3.05) is 13.7 Å². The van der Waals surface area contributed by atoms with Crippen molar-refractivity contribution in [3.63, 3.8) is 0 Å². The maximum Gasteiger partial charge on any atom is 0.337 e. The van der Waals surface area contributed by atoms with Crippen LogP contribution in [0.15, 0.2) is 29.1 Å². The number of carbonyl (C=O) groups is 3. The number of H-pyrrole nitrogens is 2. The second-order valence-corrected chi connectivity index (χ2v) is 9.66. The van der Waals surface area contributed by atoms with Gasteiger partial charge in [-0.25, -0.2) is 4.79 Å². The third-order valence-electron chi connectivity index (χ3n) is 6.63. The van der Waals surface area contributed by atoms with Gasteiger partial charge in [0.15, 0.2) is 5.78 Å². The number of hydrogen-bond acceptors (Lipinski definition) is 5. The number of ether oxygens (including phenoxy) is 1. The van der Waals surface area contributed by atoms with Crippen LogP contribution in [0.2, 0.25) is 0 Å². The molecule has 2 aromatic heterocycles. The van der Waals surface area contributed by atoms with Crippen LogP contribution in [0.3, 0.4) is 0 Å². The Kier molecular flexibility index (Phi) is 4.77. The van der Waals surface area contributed by atoms with Crippen LogP contribution in [0.5, 0.6) is 0 Å². The number of rotatable bonds is 2. The Labute approximate surface area is 189 Å². The van der Waals surface area contributed by atoms with Crippen molar-refractivity contribution in [2.24, 2.45) is 5.41 Å². The molecular weight excluding hydrogens is 422 g/mol. The Hall–Kier alpha value is -3.68. The number of esters is 1. The zero-order valence-corrected chi connectivity index (χ0v) is 18.8. The highest BCUT2D eigenvalue weighted by molar-refractivity contribution is 6.02. The molecular formula is C25H25N3O5. The molecule has 3 heterocycles. The summed E-state index contributed by atoms with van der Waals surface area (Å²) in [7, 11) is 1.33. The molecule has 1 amide bonds. The number of Topliss-reactive ketones (excluding diaryl/α,β-unsaturated/α-hetero) is 1. The van der Waals surface area contributed by atoms with Gasteiger partial charge in [-0.3, -0.25) is 14.4 Å². The maximum absolute atomic E-state index is 13.3. The van der Waals surface area contributed by atoms with Gasteiger partial charge in [0, 0.05) is 59.3 Å². The average molecular weight is 447 g/mol. The van der Waals surface area contributed by atoms with E-state index in [0.717, 1.165) is 22.2 Å². The van der Waals surface area contributed by atoms with Gasteiger partial charge in [0.1, 0.15) is 5.56 Å². The Balaban J connectivity index is 1.49. The number of benzene rings is 1. The van der Waals surface area contributed by atoms with Gasteiger partial charge in [0.2, 0.25) is 0 Å². The van der Waals surface area contributed by atoms with E-state index in [1.807, 2.05) is 19.9 Å². The monoisotopic (exact) mass is 447 g/mol. The summed E-state index contributed by atoms with van der Waals surface area (Å²) < 4.78 is 4.82. The smallest absolute Gasteiger partial charge is 0.337 e. The summed E-state index contributed by atoms with van der Waals surface area (Å²) in [6.45, 7) is 4.73. The van der Waals surface area contributed by atoms with Crippen molar-refractivity contribution >= 4 is 28.6 Å². The quantitative estimate of drug-likeness (QED) is 0.587. The molecule has 5 rings (SSSR count). The molecule has 2 aliphatic rings. The fourth-order valence-corrected chi connectivity index (χ4v) is 4.99. The maximum atomic E-state index is 13.3. The molecule has 170 valence electrons. The van der Waals surface area contributed by atoms with Crippen LogP contribution < -0.4 is 5.56 Å². The molecule has 0 radical (unpaired) electrons. The lowest BCUT2D eigenvalue weighted by molar-refractivity contribution is 0.0600. The molecule has 2 N–H and O–H groups in total. The number of amides is 1. The molecule has 1 aromatic carbocycles. The highest BCUT2D eigenvalue weighted by atomic mass is 16.5. The number of nitrogens with zero attached hydrogens (tertiary/aromatic N) is 1. The first-order chi connectivity index (χ1) is 15.7. The van der Waals surface area contributed by atoms with Gasteiger partial charge < -0.3 is 19.6 Å². The predicted octanol–water partition coefficient (Wildman–Crippen LogP) is 3.00. The summed E-state index contributed by atoms with van der Waals surface area (Å²) in [6.07, 6.45) is 1.56. The second kappa shape index (κ2) is 7.43. The minimum atomic E-state index is -0.470. The Bertz CT molecular complexity index is 1400. The third-order valence-corrected chi connectivity index (χ3v) is 6.63. The summed E-state index contributed by atoms with van der Waals surface area (Å²) in [5.41, 5.74) is 3.57. The SMILES string of the molecule is COC(=O)c1ccc2[nH]c3c(c2c1)CN(C(=O)c1cc2c([nH]c1=O)CC(C)(C)CC2=O)CC3. The van der Waals surface area contributed by atoms with Crippen molar-refractivity contribution in [3.8, 4) is 0 Å². The number of pyridine rings is 1. The minimum absolute atomic E-state index is 0.0136. The van der Waals surface area contributed by atoms with Gasteiger partial charge in [0.05, 0.1) is 12.7 Å². The number of nitrogens with one attached hydrogen (secondary N) is 2. The van der Waals surface area contributed by atoms with Crippen molar-refractivity contribution in [3.05, 3.63) is 68.3 Å². The molecule has 1 aliphatic carbocycles. The van der Waals surface area contributed by atoms with Gasteiger partial charge >= 0.3 is 5.97 Å². The second-order valence-electron chi connectivity index (χ2n) is 9.66. The highest BCUT2D eigenvalue weighted by Gasteiger charge is 2.34. The number of fused-ring (bicyclic) bond motifs is 4. The number of methoxy groups -OCH3 is 1. The predicted molar refractivity (Wildman–Crippen MR) is 122 cm³/mol. The van der Waals surface area contributed by atoms with Gasteiger partial charge in [0.25, 0.3) is 11.5 Å². The van der Waals surface area contributed by atoms with Crippen molar-refractivity contribution in [1.82, 2.24) is 14.9 Å². The Morgan fingerprint density at radius 2 is 1.85 bits per heavy atom. The van der Waals surface area contributed by atoms with Crippen LogP contribution in [-0.2, 0) is 24.1 Å². The molecule has 0 unspecified atom stereocenters. The Morgan fingerprint density at radius 3 is 2.61 bits per heavy atom. The van der Waals surface area contributed by atoms with E-state index in [-0.39, 0.29) is 16.8 Å². The lowest BCUT2D eigenvalue weighted by Crippen LogP contribution is -2.39. The van der Waals surface area contributed by atoms with E-state index in [1.54, 1.807) is 17.0 Å². The molecule has 0 spiro atoms. The van der Waals surface area contributed by atoms with Gasteiger partial charge in [-0.05, 0) is 36.1 Å². The molecule has 0 saturated carbocycles. The summed E-state index contributed by atoms with van der Waals surface area (Å²) >= 11 is 0. The van der Waals surface area contributed by atoms with E-state index >= 15 is 0 Å². The fourth-order valence-electron chi connectivity index (χ4n) is 4.99. The van der Waals surface area contributed by atoms with Crippen LogP contribution in [0.4, 0.5) is 0 Å². The number of ketones is 1. The number of aromatic nitrogens is 2. The van der Waals surface area contributed by atoms with E-state index in [1.165, 1.54) is 13.2 Å². The number of hydrogen-bond donors (Lipinski definition) is 2. The summed E-state index contributed by atoms with van der Waals surface area (Å²) in [6, 6.07) is 6.75. The molecule has 8 nitrogen and oxygen atoms in total. The lowest BCUT2D eigenvalue weighted by Gasteiger charge is -2.30. The average Bonchev–Trinajstić information content (AvgIpc) is 3.14. The standard InChI is InChI=1S/C25H25N3O5/c1-25(2)10-20-15(21(29)11-25)9-16(22(30)27-20)23(31)28-7-6-19-17(12-28)14-8-13(24(32)33-3)4-5-18(14)26-19/h4-5,8-9,26H,6-7,10-12H2,1-3H3,(H,27,30). The first kappa shape index (κ1) is 21.2. The zero-order chi connectivity index (χ0) is 23.5. The summed E-state index contributed by atoms with van der Waals surface area (Å²) in [5, 5.41) is 0.849. The van der Waals surface area contributed by atoms with Crippen LogP contribution in [0, 0.1) is 5.41 Å². The zero-order valence-electron chi connectivity index (χ0n) is 18.8. The van der Waals surface area contributed by atoms with Crippen molar-refractivity contribution in [1.29, 1.82) is 0 Å². The van der Waals surface area contributed by atoms with E-state index in [4.69, 9.17) is 4.74 Å². The van der Waals surface area contributed by atoms with E-state index < -0.39 is 17.4 Å². The number of aromatic amines is 2. The van der Waals surface area contributed by atoms with Crippen LogP contribution in [0.1, 0.15) is 68.3 Å². The topological polar surface area (TPSA) is 112 Å². The van der Waals surface area contributed by atoms with Crippen molar-refractivity contribution in [2.45, 2.75) is 39.7 Å². The largest absolute Gasteiger partial charge is 0.465 e. The normalized spacial score (nSPS) is 16.9.